The largest absolute Gasteiger partial charge is 0.335 e. The minimum absolute atomic E-state index is 0.123. The molecule has 0 aromatic heterocycles. The van der Waals surface area contributed by atoms with Crippen LogP contribution in [0.5, 0.6) is 0 Å². The summed E-state index contributed by atoms with van der Waals surface area (Å²) in [6.45, 7) is 2.58. The van der Waals surface area contributed by atoms with E-state index in [1.54, 1.807) is 0 Å². The van der Waals surface area contributed by atoms with Crippen LogP contribution >= 0.6 is 11.6 Å². The number of carbonyl (C=O) groups is 1. The Bertz CT molecular complexity index is 363. The minimum atomic E-state index is -0.318. The van der Waals surface area contributed by atoms with E-state index in [0.29, 0.717) is 11.6 Å². The van der Waals surface area contributed by atoms with Crippen LogP contribution in [0, 0.1) is 0 Å². The lowest BCUT2D eigenvalue weighted by Gasteiger charge is -2.22. The molecule has 74 valence electrons. The maximum Gasteiger partial charge on any atom is 0.315 e. The Hall–Kier alpha value is -1.22. The van der Waals surface area contributed by atoms with E-state index in [2.05, 4.69) is 10.6 Å². The molecular weight excluding hydrogens is 200 g/mol. The van der Waals surface area contributed by atoms with Gasteiger partial charge in [0.25, 0.3) is 0 Å². The fourth-order valence-corrected chi connectivity index (χ4v) is 1.71. The van der Waals surface area contributed by atoms with Crippen LogP contribution < -0.4 is 10.6 Å². The Morgan fingerprint density at radius 1 is 1.36 bits per heavy atom. The molecule has 0 spiro atoms. The van der Waals surface area contributed by atoms with Gasteiger partial charge in [-0.3, -0.25) is 0 Å². The zero-order valence-corrected chi connectivity index (χ0v) is 8.56. The monoisotopic (exact) mass is 210 g/mol. The molecule has 1 aliphatic rings. The van der Waals surface area contributed by atoms with Crippen molar-refractivity contribution >= 4 is 17.6 Å². The average molecular weight is 211 g/mol. The predicted octanol–water partition coefficient (Wildman–Crippen LogP) is 1.87. The van der Waals surface area contributed by atoms with E-state index in [-0.39, 0.29) is 11.6 Å². The van der Waals surface area contributed by atoms with E-state index in [9.17, 15) is 4.79 Å². The summed E-state index contributed by atoms with van der Waals surface area (Å²) in [6, 6.07) is 7.38. The summed E-state index contributed by atoms with van der Waals surface area (Å²) in [5.74, 6) is 0. The van der Waals surface area contributed by atoms with Gasteiger partial charge in [-0.25, -0.2) is 4.79 Å². The number of carbonyl (C=O) groups excluding carboxylic acids is 1. The van der Waals surface area contributed by atoms with Crippen molar-refractivity contribution in [3.63, 3.8) is 0 Å². The third-order valence-electron chi connectivity index (χ3n) is 2.47. The van der Waals surface area contributed by atoms with Crippen LogP contribution in [0.4, 0.5) is 4.79 Å². The van der Waals surface area contributed by atoms with E-state index in [1.807, 2.05) is 31.2 Å². The van der Waals surface area contributed by atoms with Crippen LogP contribution in [-0.4, -0.2) is 12.6 Å². The normalized spacial score (nSPS) is 25.7. The molecule has 0 saturated carbocycles. The maximum atomic E-state index is 11.1. The summed E-state index contributed by atoms with van der Waals surface area (Å²) in [5.41, 5.74) is 0.738. The summed E-state index contributed by atoms with van der Waals surface area (Å²) in [5, 5.41) is 6.32. The standard InChI is InChI=1S/C10H11ClN2O/c1-10(6-12-9(14)13-10)7-2-4-8(11)5-3-7/h2-5H,6H2,1H3,(H2,12,13,14). The average Bonchev–Trinajstić information content (AvgIpc) is 2.48. The van der Waals surface area contributed by atoms with Gasteiger partial charge in [-0.15, -0.1) is 0 Å². The van der Waals surface area contributed by atoms with Gasteiger partial charge in [-0.1, -0.05) is 23.7 Å². The lowest BCUT2D eigenvalue weighted by atomic mass is 9.93. The van der Waals surface area contributed by atoms with Crippen molar-refractivity contribution in [2.75, 3.05) is 6.54 Å². The first kappa shape index (κ1) is 9.34. The number of halogens is 1. The van der Waals surface area contributed by atoms with Crippen LogP contribution in [0.2, 0.25) is 5.02 Å². The molecule has 14 heavy (non-hydrogen) atoms. The number of hydrogen-bond acceptors (Lipinski definition) is 1. The summed E-state index contributed by atoms with van der Waals surface area (Å²) in [7, 11) is 0. The second-order valence-corrected chi connectivity index (χ2v) is 4.08. The molecule has 1 aromatic carbocycles. The van der Waals surface area contributed by atoms with Crippen molar-refractivity contribution in [1.29, 1.82) is 0 Å². The summed E-state index contributed by atoms with van der Waals surface area (Å²) >= 11 is 5.79. The molecule has 1 atom stereocenters. The molecule has 3 nitrogen and oxygen atoms in total. The van der Waals surface area contributed by atoms with E-state index in [4.69, 9.17) is 11.6 Å². The van der Waals surface area contributed by atoms with Gasteiger partial charge in [0, 0.05) is 11.6 Å². The van der Waals surface area contributed by atoms with Crippen molar-refractivity contribution in [3.8, 4) is 0 Å². The van der Waals surface area contributed by atoms with Gasteiger partial charge in [0.1, 0.15) is 0 Å². The van der Waals surface area contributed by atoms with Gasteiger partial charge in [-0.2, -0.15) is 0 Å². The Labute approximate surface area is 87.4 Å². The molecule has 2 N–H and O–H groups in total. The molecule has 1 heterocycles. The number of benzene rings is 1. The molecule has 1 aromatic rings. The first-order valence-corrected chi connectivity index (χ1v) is 4.80. The second-order valence-electron chi connectivity index (χ2n) is 3.65. The number of urea groups is 1. The maximum absolute atomic E-state index is 11.1. The number of amides is 2. The molecule has 0 bridgehead atoms. The smallest absolute Gasteiger partial charge is 0.315 e. The van der Waals surface area contributed by atoms with Crippen molar-refractivity contribution in [1.82, 2.24) is 10.6 Å². The Kier molecular flexibility index (Phi) is 2.11. The highest BCUT2D eigenvalue weighted by Crippen LogP contribution is 2.24. The van der Waals surface area contributed by atoms with E-state index < -0.39 is 0 Å². The molecule has 1 fully saturated rings. The zero-order chi connectivity index (χ0) is 10.2. The quantitative estimate of drug-likeness (QED) is 0.730. The van der Waals surface area contributed by atoms with Gasteiger partial charge in [0.2, 0.25) is 0 Å². The molecule has 1 unspecified atom stereocenters. The highest BCUT2D eigenvalue weighted by molar-refractivity contribution is 6.30. The molecule has 0 aliphatic carbocycles. The number of nitrogens with one attached hydrogen (secondary N) is 2. The zero-order valence-electron chi connectivity index (χ0n) is 7.80. The van der Waals surface area contributed by atoms with Crippen molar-refractivity contribution < 1.29 is 4.79 Å². The number of hydrogen-bond donors (Lipinski definition) is 2. The van der Waals surface area contributed by atoms with Gasteiger partial charge < -0.3 is 10.6 Å². The fourth-order valence-electron chi connectivity index (χ4n) is 1.59. The second kappa shape index (κ2) is 3.17. The molecular formula is C10H11ClN2O. The lowest BCUT2D eigenvalue weighted by Crippen LogP contribution is -2.37. The van der Waals surface area contributed by atoms with E-state index in [0.717, 1.165) is 5.56 Å². The minimum Gasteiger partial charge on any atom is -0.335 e. The third-order valence-corrected chi connectivity index (χ3v) is 2.73. The first-order chi connectivity index (χ1) is 6.60. The Morgan fingerprint density at radius 3 is 2.50 bits per heavy atom. The van der Waals surface area contributed by atoms with Gasteiger partial charge in [-0.05, 0) is 24.6 Å². The van der Waals surface area contributed by atoms with Crippen LogP contribution in [0.15, 0.2) is 24.3 Å². The lowest BCUT2D eigenvalue weighted by molar-refractivity contribution is 0.245. The molecule has 2 amide bonds. The van der Waals surface area contributed by atoms with Crippen molar-refractivity contribution in [2.45, 2.75) is 12.5 Å². The van der Waals surface area contributed by atoms with Crippen molar-refractivity contribution in [3.05, 3.63) is 34.9 Å². The highest BCUT2D eigenvalue weighted by Gasteiger charge is 2.34. The van der Waals surface area contributed by atoms with Crippen LogP contribution in [-0.2, 0) is 5.54 Å². The van der Waals surface area contributed by atoms with Gasteiger partial charge >= 0.3 is 6.03 Å². The fraction of sp³-hybridized carbons (Fsp3) is 0.300. The molecule has 4 heteroatoms. The predicted molar refractivity (Wildman–Crippen MR) is 55.3 cm³/mol. The van der Waals surface area contributed by atoms with Gasteiger partial charge in [0.15, 0.2) is 0 Å². The summed E-state index contributed by atoms with van der Waals surface area (Å²) in [6.07, 6.45) is 0. The molecule has 1 saturated heterocycles. The third kappa shape index (κ3) is 1.55. The van der Waals surface area contributed by atoms with Crippen LogP contribution in [0.1, 0.15) is 12.5 Å². The molecule has 1 aliphatic heterocycles. The van der Waals surface area contributed by atoms with Crippen LogP contribution in [0.3, 0.4) is 0 Å². The van der Waals surface area contributed by atoms with Crippen LogP contribution in [0.25, 0.3) is 0 Å². The van der Waals surface area contributed by atoms with E-state index >= 15 is 0 Å². The highest BCUT2D eigenvalue weighted by atomic mass is 35.5. The summed E-state index contributed by atoms with van der Waals surface area (Å²) < 4.78 is 0. The van der Waals surface area contributed by atoms with E-state index in [1.165, 1.54) is 0 Å². The first-order valence-electron chi connectivity index (χ1n) is 4.42. The topological polar surface area (TPSA) is 41.1 Å². The number of rotatable bonds is 1. The Balaban J connectivity index is 2.30. The summed E-state index contributed by atoms with van der Waals surface area (Å²) in [4.78, 5) is 11.1. The SMILES string of the molecule is CC1(c2ccc(Cl)cc2)CNC(=O)N1. The molecule has 2 rings (SSSR count). The Morgan fingerprint density at radius 2 is 2.00 bits per heavy atom. The van der Waals surface area contributed by atoms with Crippen molar-refractivity contribution in [2.24, 2.45) is 0 Å². The molecule has 0 radical (unpaired) electrons. The van der Waals surface area contributed by atoms with Gasteiger partial charge in [0.05, 0.1) is 5.54 Å².